The molecule has 0 fully saturated rings. The van der Waals surface area contributed by atoms with Crippen molar-refractivity contribution in [3.05, 3.63) is 114 Å². The zero-order chi connectivity index (χ0) is 36.0. The second-order valence-electron chi connectivity index (χ2n) is 14.7. The van der Waals surface area contributed by atoms with Crippen molar-refractivity contribution >= 4 is 38.5 Å². The number of rotatable bonds is 10. The van der Waals surface area contributed by atoms with Crippen molar-refractivity contribution in [3.63, 3.8) is 0 Å². The first kappa shape index (κ1) is 39.7. The van der Waals surface area contributed by atoms with Gasteiger partial charge in [0.2, 0.25) is 0 Å². The summed E-state index contributed by atoms with van der Waals surface area (Å²) in [4.78, 5) is 16.4. The predicted molar refractivity (Wildman–Crippen MR) is 210 cm³/mol. The molecule has 4 aromatic carbocycles. The van der Waals surface area contributed by atoms with Gasteiger partial charge in [-0.25, -0.2) is 0 Å². The van der Waals surface area contributed by atoms with Crippen LogP contribution in [-0.2, 0) is 31.3 Å². The summed E-state index contributed by atoms with van der Waals surface area (Å²) in [5.74, 6) is 0.547. The monoisotopic (exact) mass is 859 g/mol. The number of pyridine rings is 1. The number of hydrogen-bond acceptors (Lipinski definition) is 4. The molecule has 0 atom stereocenters. The zero-order valence-corrected chi connectivity index (χ0v) is 33.8. The van der Waals surface area contributed by atoms with Crippen LogP contribution >= 0.6 is 0 Å². The molecule has 269 valence electrons. The van der Waals surface area contributed by atoms with Gasteiger partial charge in [-0.15, -0.1) is 29.8 Å². The van der Waals surface area contributed by atoms with Gasteiger partial charge in [-0.3, -0.25) is 4.79 Å². The second-order valence-corrected chi connectivity index (χ2v) is 14.7. The molecule has 1 N–H and O–H groups in total. The number of fused-ring (bicyclic) bond motifs is 5. The molecule has 0 aliphatic rings. The van der Waals surface area contributed by atoms with Crippen LogP contribution in [0.3, 0.4) is 0 Å². The van der Waals surface area contributed by atoms with Gasteiger partial charge >= 0.3 is 0 Å². The number of nitrogens with zero attached hydrogens (tertiary/aromatic N) is 1. The van der Waals surface area contributed by atoms with Gasteiger partial charge in [0.05, 0.1) is 5.76 Å². The molecule has 0 aliphatic carbocycles. The fourth-order valence-corrected chi connectivity index (χ4v) is 6.84. The molecule has 0 unspecified atom stereocenters. The van der Waals surface area contributed by atoms with Gasteiger partial charge in [-0.05, 0) is 78.6 Å². The summed E-state index contributed by atoms with van der Waals surface area (Å²) < 4.78 is 6.11. The molecular weight excluding hydrogens is 807 g/mol. The van der Waals surface area contributed by atoms with Gasteiger partial charge in [0.25, 0.3) is 0 Å². The summed E-state index contributed by atoms with van der Waals surface area (Å²) in [6, 6.07) is 31.2. The van der Waals surface area contributed by atoms with Gasteiger partial charge < -0.3 is 14.5 Å². The summed E-state index contributed by atoms with van der Waals surface area (Å²) in [5, 5.41) is 14.5. The molecule has 6 aromatic rings. The van der Waals surface area contributed by atoms with E-state index in [0.29, 0.717) is 0 Å². The van der Waals surface area contributed by atoms with Crippen molar-refractivity contribution in [3.8, 4) is 22.4 Å². The number of carbonyl (C=O) groups is 1. The molecule has 0 saturated heterocycles. The number of allylic oxidation sites excluding steroid dienone is 2. The second kappa shape index (κ2) is 17.4. The topological polar surface area (TPSA) is 63.3 Å². The first-order chi connectivity index (χ1) is 24.0. The van der Waals surface area contributed by atoms with Crippen LogP contribution in [0, 0.1) is 30.2 Å². The van der Waals surface area contributed by atoms with E-state index in [0.717, 1.165) is 65.5 Å². The van der Waals surface area contributed by atoms with Crippen LogP contribution in [0.4, 0.5) is 0 Å². The maximum atomic E-state index is 11.7. The molecule has 0 amide bonds. The Kier molecular flexibility index (Phi) is 13.6. The fraction of sp³-hybridized carbons (Fsp3) is 0.348. The molecule has 4 nitrogen and oxygen atoms in total. The Hall–Kier alpha value is -4.05. The van der Waals surface area contributed by atoms with Gasteiger partial charge in [0, 0.05) is 55.0 Å². The van der Waals surface area contributed by atoms with E-state index in [2.05, 4.69) is 100 Å². The standard InChI is InChI=1S/C33H28NO.C13H24O2.Ir/c1-21-20-34-29(18-24(21)19-33(2,3)4)23-14-12-22(13-15-23)25-9-7-10-27-26(25)16-17-31-32(27)28-8-5-6-11-30(28)35-31;1-5-10(6-2)12(14)9-13(15)11(7-3)8-4;/h5-14,16-18,20H,19H2,1-4H3;9-11,14H,5-8H2,1-4H3;/q-1;;/b;12-9-;. The summed E-state index contributed by atoms with van der Waals surface area (Å²) in [7, 11) is 0. The van der Waals surface area contributed by atoms with Gasteiger partial charge in [-0.1, -0.05) is 114 Å². The average molecular weight is 859 g/mol. The van der Waals surface area contributed by atoms with E-state index >= 15 is 0 Å². The van der Waals surface area contributed by atoms with Crippen molar-refractivity contribution in [2.45, 2.75) is 87.5 Å². The van der Waals surface area contributed by atoms with Crippen LogP contribution in [0.25, 0.3) is 55.1 Å². The van der Waals surface area contributed by atoms with Crippen LogP contribution in [0.2, 0.25) is 0 Å². The van der Waals surface area contributed by atoms with E-state index in [9.17, 15) is 9.90 Å². The Morgan fingerprint density at radius 2 is 1.53 bits per heavy atom. The number of aromatic nitrogens is 1. The minimum atomic E-state index is 0. The molecular formula is C46H52IrNO3-. The van der Waals surface area contributed by atoms with Crippen molar-refractivity contribution in [2.75, 3.05) is 0 Å². The van der Waals surface area contributed by atoms with Crippen LogP contribution < -0.4 is 0 Å². The maximum Gasteiger partial charge on any atom is 0.162 e. The Balaban J connectivity index is 0.000000312. The van der Waals surface area contributed by atoms with Gasteiger partial charge in [0.15, 0.2) is 5.78 Å². The smallest absolute Gasteiger partial charge is 0.162 e. The number of aliphatic hydroxyl groups excluding tert-OH is 1. The molecule has 51 heavy (non-hydrogen) atoms. The van der Waals surface area contributed by atoms with Crippen molar-refractivity contribution in [1.82, 2.24) is 4.98 Å². The van der Waals surface area contributed by atoms with Gasteiger partial charge in [0.1, 0.15) is 11.2 Å². The number of aryl methyl sites for hydroxylation is 1. The van der Waals surface area contributed by atoms with E-state index < -0.39 is 0 Å². The van der Waals surface area contributed by atoms with Gasteiger partial charge in [-0.2, -0.15) is 0 Å². The molecule has 0 aliphatic heterocycles. The molecule has 0 spiro atoms. The number of aliphatic hydroxyl groups is 1. The molecule has 6 rings (SSSR count). The minimum absolute atomic E-state index is 0. The molecule has 5 heteroatoms. The van der Waals surface area contributed by atoms with E-state index in [4.69, 9.17) is 9.40 Å². The Labute approximate surface area is 317 Å². The molecule has 0 bridgehead atoms. The third-order valence-electron chi connectivity index (χ3n) is 9.82. The molecule has 2 aromatic heterocycles. The number of para-hydroxylation sites is 1. The largest absolute Gasteiger partial charge is 0.512 e. The van der Waals surface area contributed by atoms with Crippen LogP contribution in [0.5, 0.6) is 0 Å². The summed E-state index contributed by atoms with van der Waals surface area (Å²) in [5.41, 5.74) is 9.02. The van der Waals surface area contributed by atoms with Crippen LogP contribution in [0.1, 0.15) is 85.3 Å². The minimum Gasteiger partial charge on any atom is -0.512 e. The molecule has 1 radical (unpaired) electrons. The first-order valence-electron chi connectivity index (χ1n) is 18.2. The SMILES string of the molecule is CCC(CC)C(=O)/C=C(\O)C(CC)CC.Cc1cnc(-c2[c-]cc(-c3cccc4c3ccc3oc5ccccc5c34)cc2)cc1CC(C)(C)C.[Ir]. The van der Waals surface area contributed by atoms with E-state index in [-0.39, 0.29) is 48.9 Å². The summed E-state index contributed by atoms with van der Waals surface area (Å²) in [6.07, 6.45) is 7.92. The van der Waals surface area contributed by atoms with E-state index in [1.807, 2.05) is 46.0 Å². The average Bonchev–Trinajstić information content (AvgIpc) is 3.49. The molecule has 2 heterocycles. The van der Waals surface area contributed by atoms with E-state index in [1.54, 1.807) is 0 Å². The number of ketones is 1. The predicted octanol–water partition coefficient (Wildman–Crippen LogP) is 13.0. The normalized spacial score (nSPS) is 12.0. The Morgan fingerprint density at radius 3 is 2.18 bits per heavy atom. The zero-order valence-electron chi connectivity index (χ0n) is 31.4. The number of carbonyl (C=O) groups excluding carboxylic acids is 1. The number of furan rings is 1. The number of hydrogen-bond donors (Lipinski definition) is 1. The summed E-state index contributed by atoms with van der Waals surface area (Å²) >= 11 is 0. The fourth-order valence-electron chi connectivity index (χ4n) is 6.84. The molecule has 0 saturated carbocycles. The van der Waals surface area contributed by atoms with Crippen molar-refractivity contribution < 1.29 is 34.4 Å². The van der Waals surface area contributed by atoms with Crippen LogP contribution in [-0.4, -0.2) is 15.9 Å². The van der Waals surface area contributed by atoms with E-state index in [1.165, 1.54) is 38.9 Å². The maximum absolute atomic E-state index is 11.7. The third kappa shape index (κ3) is 9.25. The van der Waals surface area contributed by atoms with Crippen LogP contribution in [0.15, 0.2) is 101 Å². The van der Waals surface area contributed by atoms with Crippen molar-refractivity contribution in [2.24, 2.45) is 17.3 Å². The number of benzene rings is 4. The first-order valence-corrected chi connectivity index (χ1v) is 18.2. The van der Waals surface area contributed by atoms with Crippen molar-refractivity contribution in [1.29, 1.82) is 0 Å². The Morgan fingerprint density at radius 1 is 0.843 bits per heavy atom. The Bertz CT molecular complexity index is 2110. The quantitative estimate of drug-likeness (QED) is 0.0847. The summed E-state index contributed by atoms with van der Waals surface area (Å²) in [6.45, 7) is 17.0. The third-order valence-corrected chi connectivity index (χ3v) is 9.82.